The lowest BCUT2D eigenvalue weighted by Gasteiger charge is -2.32. The second kappa shape index (κ2) is 8.62. The Hall–Kier alpha value is -0.950. The highest BCUT2D eigenvalue weighted by atomic mass is 32.2. The van der Waals surface area contributed by atoms with E-state index in [0.29, 0.717) is 19.6 Å². The van der Waals surface area contributed by atoms with Crippen LogP contribution in [0, 0.1) is 0 Å². The molecule has 0 unspecified atom stereocenters. The van der Waals surface area contributed by atoms with Crippen molar-refractivity contribution in [2.45, 2.75) is 50.9 Å². The summed E-state index contributed by atoms with van der Waals surface area (Å²) in [7, 11) is -3.86. The molecule has 2 rings (SSSR count). The van der Waals surface area contributed by atoms with Gasteiger partial charge in [0.1, 0.15) is 0 Å². The Balaban J connectivity index is 1.75. The summed E-state index contributed by atoms with van der Waals surface area (Å²) < 4.78 is 36.2. The average Bonchev–Trinajstić information content (AvgIpc) is 2.50. The smallest absolute Gasteiger partial charge is 0.264 e. The van der Waals surface area contributed by atoms with Gasteiger partial charge in [0.2, 0.25) is 0 Å². The summed E-state index contributed by atoms with van der Waals surface area (Å²) in [5.41, 5.74) is 1.16. The van der Waals surface area contributed by atoms with E-state index in [4.69, 9.17) is 9.29 Å². The zero-order valence-electron chi connectivity index (χ0n) is 12.8. The summed E-state index contributed by atoms with van der Waals surface area (Å²) in [5.74, 6) is -0.192. The lowest BCUT2D eigenvalue weighted by atomic mass is 9.92. The van der Waals surface area contributed by atoms with Gasteiger partial charge in [-0.05, 0) is 31.4 Å². The molecule has 1 aromatic rings. The van der Waals surface area contributed by atoms with Crippen LogP contribution in [0.1, 0.15) is 37.7 Å². The summed E-state index contributed by atoms with van der Waals surface area (Å²) in [5, 5.41) is 3.38. The van der Waals surface area contributed by atoms with Gasteiger partial charge in [0.05, 0.1) is 18.5 Å². The molecule has 0 bridgehead atoms. The number of ether oxygens (including phenoxy) is 1. The second-order valence-electron chi connectivity index (χ2n) is 5.82. The van der Waals surface area contributed by atoms with Crippen molar-refractivity contribution in [1.29, 1.82) is 0 Å². The van der Waals surface area contributed by atoms with E-state index in [9.17, 15) is 8.42 Å². The molecule has 0 aromatic heterocycles. The molecule has 0 radical (unpaired) electrons. The number of hydrogen-bond donors (Lipinski definition) is 2. The molecule has 1 aromatic carbocycles. The van der Waals surface area contributed by atoms with E-state index in [1.165, 1.54) is 12.8 Å². The number of nitrogens with one attached hydrogen (secondary N) is 1. The molecule has 1 aliphatic rings. The van der Waals surface area contributed by atoms with Crippen LogP contribution in [0.25, 0.3) is 0 Å². The summed E-state index contributed by atoms with van der Waals surface area (Å²) in [6, 6.07) is 10.4. The predicted molar refractivity (Wildman–Crippen MR) is 86.3 cm³/mol. The molecule has 0 saturated heterocycles. The van der Waals surface area contributed by atoms with Gasteiger partial charge in [-0.25, -0.2) is 0 Å². The maximum Gasteiger partial charge on any atom is 0.264 e. The fourth-order valence-corrected chi connectivity index (χ4v) is 3.36. The van der Waals surface area contributed by atoms with Crippen LogP contribution in [0.5, 0.6) is 0 Å². The first-order valence-corrected chi connectivity index (χ1v) is 9.49. The van der Waals surface area contributed by atoms with E-state index in [-0.39, 0.29) is 17.9 Å². The number of rotatable bonds is 8. The monoisotopic (exact) mass is 327 g/mol. The topological polar surface area (TPSA) is 75.6 Å². The SMILES string of the molecule is O=S(=O)(O)CCCN[C@@H]1CCCC[C@H]1OCc1ccccc1. The van der Waals surface area contributed by atoms with Crippen LogP contribution in [0.3, 0.4) is 0 Å². The van der Waals surface area contributed by atoms with Crippen molar-refractivity contribution in [2.75, 3.05) is 12.3 Å². The minimum Gasteiger partial charge on any atom is -0.372 e. The van der Waals surface area contributed by atoms with Crippen molar-refractivity contribution in [3.63, 3.8) is 0 Å². The Morgan fingerprint density at radius 1 is 1.18 bits per heavy atom. The first-order valence-electron chi connectivity index (χ1n) is 7.89. The molecule has 5 nitrogen and oxygen atoms in total. The van der Waals surface area contributed by atoms with Gasteiger partial charge in [0.25, 0.3) is 10.1 Å². The van der Waals surface area contributed by atoms with Gasteiger partial charge in [0.15, 0.2) is 0 Å². The van der Waals surface area contributed by atoms with E-state index in [1.54, 1.807) is 0 Å². The van der Waals surface area contributed by atoms with E-state index in [0.717, 1.165) is 18.4 Å². The summed E-state index contributed by atoms with van der Waals surface area (Å²) >= 11 is 0. The maximum absolute atomic E-state index is 10.7. The van der Waals surface area contributed by atoms with Crippen LogP contribution in [0.4, 0.5) is 0 Å². The molecule has 6 heteroatoms. The standard InChI is InChI=1S/C16H25NO4S/c18-22(19,20)12-6-11-17-15-9-4-5-10-16(15)21-13-14-7-2-1-3-8-14/h1-3,7-8,15-17H,4-6,9-13H2,(H,18,19,20)/t15-,16-/m1/s1. The van der Waals surface area contributed by atoms with Crippen molar-refractivity contribution in [2.24, 2.45) is 0 Å². The van der Waals surface area contributed by atoms with Gasteiger partial charge >= 0.3 is 0 Å². The van der Waals surface area contributed by atoms with Crippen LogP contribution in [-0.4, -0.2) is 37.4 Å². The maximum atomic E-state index is 10.7. The molecule has 2 N–H and O–H groups in total. The largest absolute Gasteiger partial charge is 0.372 e. The van der Waals surface area contributed by atoms with E-state index < -0.39 is 10.1 Å². The normalized spacial score (nSPS) is 22.6. The summed E-state index contributed by atoms with van der Waals surface area (Å²) in [4.78, 5) is 0. The molecular formula is C16H25NO4S. The molecule has 0 heterocycles. The van der Waals surface area contributed by atoms with Crippen LogP contribution < -0.4 is 5.32 Å². The molecule has 124 valence electrons. The van der Waals surface area contributed by atoms with E-state index in [2.05, 4.69) is 17.4 Å². The van der Waals surface area contributed by atoms with Gasteiger partial charge in [-0.3, -0.25) is 4.55 Å². The number of hydrogen-bond acceptors (Lipinski definition) is 4. The van der Waals surface area contributed by atoms with Crippen molar-refractivity contribution in [3.8, 4) is 0 Å². The Kier molecular flexibility index (Phi) is 6.82. The quantitative estimate of drug-likeness (QED) is 0.566. The Morgan fingerprint density at radius 3 is 2.64 bits per heavy atom. The summed E-state index contributed by atoms with van der Waals surface area (Å²) in [6.45, 7) is 1.18. The Labute approximate surface area is 132 Å². The highest BCUT2D eigenvalue weighted by molar-refractivity contribution is 7.85. The number of benzene rings is 1. The minimum absolute atomic E-state index is 0.166. The third-order valence-corrected chi connectivity index (χ3v) is 4.80. The lowest BCUT2D eigenvalue weighted by molar-refractivity contribution is -0.00536. The molecular weight excluding hydrogens is 302 g/mol. The first kappa shape index (κ1) is 17.4. The fourth-order valence-electron chi connectivity index (χ4n) is 2.85. The Bertz CT molecular complexity index is 532. The summed E-state index contributed by atoms with van der Waals surface area (Å²) in [6.07, 6.45) is 5.00. The van der Waals surface area contributed by atoms with Crippen molar-refractivity contribution < 1.29 is 17.7 Å². The molecule has 0 aliphatic heterocycles. The van der Waals surface area contributed by atoms with Crippen LogP contribution >= 0.6 is 0 Å². The van der Waals surface area contributed by atoms with Crippen LogP contribution in [-0.2, 0) is 21.5 Å². The van der Waals surface area contributed by atoms with Gasteiger partial charge < -0.3 is 10.1 Å². The molecule has 22 heavy (non-hydrogen) atoms. The third kappa shape index (κ3) is 6.44. The van der Waals surface area contributed by atoms with Gasteiger partial charge in [-0.2, -0.15) is 8.42 Å². The fraction of sp³-hybridized carbons (Fsp3) is 0.625. The van der Waals surface area contributed by atoms with E-state index >= 15 is 0 Å². The molecule has 2 atom stereocenters. The zero-order valence-corrected chi connectivity index (χ0v) is 13.6. The zero-order chi connectivity index (χ0) is 15.8. The lowest BCUT2D eigenvalue weighted by Crippen LogP contribution is -2.44. The predicted octanol–water partition coefficient (Wildman–Crippen LogP) is 2.38. The van der Waals surface area contributed by atoms with E-state index in [1.807, 2.05) is 18.2 Å². The van der Waals surface area contributed by atoms with Gasteiger partial charge in [0, 0.05) is 6.04 Å². The average molecular weight is 327 g/mol. The van der Waals surface area contributed by atoms with Crippen LogP contribution in [0.2, 0.25) is 0 Å². The van der Waals surface area contributed by atoms with Gasteiger partial charge in [-0.1, -0.05) is 43.2 Å². The first-order chi connectivity index (χ1) is 10.5. The molecule has 0 amide bonds. The molecule has 0 spiro atoms. The van der Waals surface area contributed by atoms with Gasteiger partial charge in [-0.15, -0.1) is 0 Å². The van der Waals surface area contributed by atoms with Crippen molar-refractivity contribution in [3.05, 3.63) is 35.9 Å². The second-order valence-corrected chi connectivity index (χ2v) is 7.39. The van der Waals surface area contributed by atoms with Crippen LogP contribution in [0.15, 0.2) is 30.3 Å². The highest BCUT2D eigenvalue weighted by Gasteiger charge is 2.25. The highest BCUT2D eigenvalue weighted by Crippen LogP contribution is 2.22. The molecule has 1 aliphatic carbocycles. The van der Waals surface area contributed by atoms with Crippen molar-refractivity contribution >= 4 is 10.1 Å². The molecule has 1 saturated carbocycles. The Morgan fingerprint density at radius 2 is 1.91 bits per heavy atom. The van der Waals surface area contributed by atoms with Crippen molar-refractivity contribution in [1.82, 2.24) is 5.32 Å². The molecule has 1 fully saturated rings. The third-order valence-electron chi connectivity index (χ3n) is 4.00. The minimum atomic E-state index is -3.86.